The van der Waals surface area contributed by atoms with Crippen molar-refractivity contribution in [1.82, 2.24) is 25.4 Å². The molecule has 1 aromatic carbocycles. The molecule has 7 heteroatoms. The normalized spacial score (nSPS) is 15.3. The lowest BCUT2D eigenvalue weighted by molar-refractivity contribution is 0.236. The van der Waals surface area contributed by atoms with E-state index in [4.69, 9.17) is 0 Å². The third-order valence-electron chi connectivity index (χ3n) is 4.98. The van der Waals surface area contributed by atoms with Gasteiger partial charge in [0.25, 0.3) is 0 Å². The third kappa shape index (κ3) is 3.74. The van der Waals surface area contributed by atoms with Crippen LogP contribution in [0.1, 0.15) is 40.5 Å². The number of urea groups is 1. The summed E-state index contributed by atoms with van der Waals surface area (Å²) in [5, 5.41) is 10.2. The third-order valence-corrected chi connectivity index (χ3v) is 4.98. The number of pyridine rings is 1. The van der Waals surface area contributed by atoms with Gasteiger partial charge < -0.3 is 10.6 Å². The molecule has 1 aliphatic carbocycles. The molecular weight excluding hydrogens is 357 g/mol. The summed E-state index contributed by atoms with van der Waals surface area (Å²) >= 11 is 0. The summed E-state index contributed by atoms with van der Waals surface area (Å²) in [5.41, 5.74) is 4.82. The van der Waals surface area contributed by atoms with Crippen LogP contribution in [-0.2, 0) is 13.0 Å². The zero-order valence-corrected chi connectivity index (χ0v) is 15.9. The largest absolute Gasteiger partial charge is 0.334 e. The maximum Gasteiger partial charge on any atom is 0.315 e. The van der Waals surface area contributed by atoms with E-state index in [1.54, 1.807) is 23.0 Å². The van der Waals surface area contributed by atoms with E-state index < -0.39 is 0 Å². The van der Waals surface area contributed by atoms with Gasteiger partial charge in [0.15, 0.2) is 5.82 Å². The highest BCUT2D eigenvalue weighted by Crippen LogP contribution is 2.31. The molecule has 0 fully saturated rings. The SMILES string of the molecule is Cc1cc(C)n(-c2ccc(CNC(=O)N[C@@H]3CCc4cc(F)ccc43)cn2)n1. The number of amides is 2. The Bertz CT molecular complexity index is 1010. The maximum absolute atomic E-state index is 13.3. The Hall–Kier alpha value is -3.22. The predicted molar refractivity (Wildman–Crippen MR) is 104 cm³/mol. The minimum absolute atomic E-state index is 0.0814. The number of carbonyl (C=O) groups is 1. The molecule has 0 saturated heterocycles. The standard InChI is InChI=1S/C21H22FN5O/c1-13-9-14(2)27(26-13)20-8-3-15(11-23-20)12-24-21(28)25-19-7-4-16-10-17(22)5-6-18(16)19/h3,5-6,8-11,19H,4,7,12H2,1-2H3,(H2,24,25,28)/t19-/m1/s1. The average Bonchev–Trinajstić information content (AvgIpc) is 3.22. The molecule has 144 valence electrons. The van der Waals surface area contributed by atoms with Gasteiger partial charge in [-0.2, -0.15) is 5.10 Å². The number of hydrogen-bond donors (Lipinski definition) is 2. The molecule has 0 radical (unpaired) electrons. The van der Waals surface area contributed by atoms with Crippen LogP contribution in [0.2, 0.25) is 0 Å². The molecular formula is C21H22FN5O. The first-order valence-electron chi connectivity index (χ1n) is 9.31. The van der Waals surface area contributed by atoms with Crippen LogP contribution >= 0.6 is 0 Å². The average molecular weight is 379 g/mol. The summed E-state index contributed by atoms with van der Waals surface area (Å²) in [7, 11) is 0. The van der Waals surface area contributed by atoms with Crippen molar-refractivity contribution in [2.45, 2.75) is 39.3 Å². The highest BCUT2D eigenvalue weighted by Gasteiger charge is 2.24. The van der Waals surface area contributed by atoms with E-state index in [2.05, 4.69) is 20.7 Å². The molecule has 1 atom stereocenters. The number of fused-ring (bicyclic) bond motifs is 1. The first-order chi connectivity index (χ1) is 13.5. The van der Waals surface area contributed by atoms with Crippen LogP contribution in [0.15, 0.2) is 42.6 Å². The van der Waals surface area contributed by atoms with Crippen molar-refractivity contribution in [1.29, 1.82) is 0 Å². The highest BCUT2D eigenvalue weighted by atomic mass is 19.1. The monoisotopic (exact) mass is 379 g/mol. The zero-order chi connectivity index (χ0) is 19.7. The maximum atomic E-state index is 13.3. The molecule has 0 aliphatic heterocycles. The van der Waals surface area contributed by atoms with E-state index in [1.807, 2.05) is 32.0 Å². The van der Waals surface area contributed by atoms with E-state index in [-0.39, 0.29) is 17.9 Å². The molecule has 4 rings (SSSR count). The number of rotatable bonds is 4. The molecule has 0 bridgehead atoms. The van der Waals surface area contributed by atoms with Gasteiger partial charge in [-0.1, -0.05) is 12.1 Å². The van der Waals surface area contributed by atoms with Crippen LogP contribution in [0.4, 0.5) is 9.18 Å². The lowest BCUT2D eigenvalue weighted by atomic mass is 10.1. The summed E-state index contributed by atoms with van der Waals surface area (Å²) in [6, 6.07) is 10.2. The number of carbonyl (C=O) groups excluding carboxylic acids is 1. The Balaban J connectivity index is 1.34. The second kappa shape index (κ2) is 7.42. The Morgan fingerprint density at radius 1 is 1.25 bits per heavy atom. The van der Waals surface area contributed by atoms with Gasteiger partial charge in [0, 0.05) is 18.4 Å². The lowest BCUT2D eigenvalue weighted by Crippen LogP contribution is -2.36. The van der Waals surface area contributed by atoms with Crippen LogP contribution < -0.4 is 10.6 Å². The van der Waals surface area contributed by atoms with E-state index in [0.29, 0.717) is 6.54 Å². The number of aromatic nitrogens is 3. The van der Waals surface area contributed by atoms with E-state index in [0.717, 1.165) is 46.7 Å². The van der Waals surface area contributed by atoms with Gasteiger partial charge in [0.1, 0.15) is 5.82 Å². The van der Waals surface area contributed by atoms with Crippen LogP contribution in [0.5, 0.6) is 0 Å². The molecule has 0 spiro atoms. The fourth-order valence-corrected chi connectivity index (χ4v) is 3.64. The van der Waals surface area contributed by atoms with E-state index in [1.165, 1.54) is 6.07 Å². The Morgan fingerprint density at radius 3 is 2.82 bits per heavy atom. The molecule has 2 amide bonds. The van der Waals surface area contributed by atoms with Gasteiger partial charge >= 0.3 is 6.03 Å². The van der Waals surface area contributed by atoms with E-state index >= 15 is 0 Å². The van der Waals surface area contributed by atoms with Gasteiger partial charge in [0.2, 0.25) is 0 Å². The number of hydrogen-bond acceptors (Lipinski definition) is 3. The summed E-state index contributed by atoms with van der Waals surface area (Å²) in [6.07, 6.45) is 3.29. The zero-order valence-electron chi connectivity index (χ0n) is 15.9. The summed E-state index contributed by atoms with van der Waals surface area (Å²) in [5.74, 6) is 0.508. The minimum atomic E-state index is -0.246. The molecule has 0 saturated carbocycles. The van der Waals surface area contributed by atoms with Crippen molar-refractivity contribution >= 4 is 6.03 Å². The Labute approximate surface area is 162 Å². The van der Waals surface area contributed by atoms with Gasteiger partial charge in [-0.25, -0.2) is 18.9 Å². The number of nitrogens with one attached hydrogen (secondary N) is 2. The highest BCUT2D eigenvalue weighted by molar-refractivity contribution is 5.74. The second-order valence-electron chi connectivity index (χ2n) is 7.12. The Kier molecular flexibility index (Phi) is 4.81. The topological polar surface area (TPSA) is 71.8 Å². The fraction of sp³-hybridized carbons (Fsp3) is 0.286. The first kappa shape index (κ1) is 18.2. The van der Waals surface area contributed by atoms with Gasteiger partial charge in [0.05, 0.1) is 11.7 Å². The molecule has 28 heavy (non-hydrogen) atoms. The molecule has 3 aromatic rings. The van der Waals surface area contributed by atoms with Crippen molar-refractivity contribution in [3.8, 4) is 5.82 Å². The van der Waals surface area contributed by atoms with Crippen LogP contribution in [0, 0.1) is 19.7 Å². The van der Waals surface area contributed by atoms with Gasteiger partial charge in [-0.05, 0) is 67.6 Å². The smallest absolute Gasteiger partial charge is 0.315 e. The predicted octanol–water partition coefficient (Wildman–Crippen LogP) is 3.51. The molecule has 1 aliphatic rings. The second-order valence-corrected chi connectivity index (χ2v) is 7.12. The van der Waals surface area contributed by atoms with Crippen molar-refractivity contribution in [2.24, 2.45) is 0 Å². The molecule has 2 heterocycles. The molecule has 0 unspecified atom stereocenters. The van der Waals surface area contributed by atoms with Crippen molar-refractivity contribution in [2.75, 3.05) is 0 Å². The van der Waals surface area contributed by atoms with Crippen LogP contribution in [0.3, 0.4) is 0 Å². The number of aryl methyl sites for hydroxylation is 3. The fourth-order valence-electron chi connectivity index (χ4n) is 3.64. The number of nitrogens with zero attached hydrogens (tertiary/aromatic N) is 3. The Morgan fingerprint density at radius 2 is 2.11 bits per heavy atom. The van der Waals surface area contributed by atoms with E-state index in [9.17, 15) is 9.18 Å². The number of halogens is 1. The summed E-state index contributed by atoms with van der Waals surface area (Å²) in [4.78, 5) is 16.7. The van der Waals surface area contributed by atoms with Crippen molar-refractivity contribution in [3.05, 3.63) is 76.5 Å². The molecule has 2 aromatic heterocycles. The minimum Gasteiger partial charge on any atom is -0.334 e. The quantitative estimate of drug-likeness (QED) is 0.729. The van der Waals surface area contributed by atoms with Gasteiger partial charge in [-0.15, -0.1) is 0 Å². The van der Waals surface area contributed by atoms with Crippen molar-refractivity contribution < 1.29 is 9.18 Å². The van der Waals surface area contributed by atoms with Crippen LogP contribution in [0.25, 0.3) is 5.82 Å². The number of benzene rings is 1. The summed E-state index contributed by atoms with van der Waals surface area (Å²) in [6.45, 7) is 4.30. The lowest BCUT2D eigenvalue weighted by Gasteiger charge is -2.15. The summed E-state index contributed by atoms with van der Waals surface area (Å²) < 4.78 is 15.1. The molecule has 6 nitrogen and oxygen atoms in total. The van der Waals surface area contributed by atoms with Crippen LogP contribution in [-0.4, -0.2) is 20.8 Å². The first-order valence-corrected chi connectivity index (χ1v) is 9.31. The van der Waals surface area contributed by atoms with Crippen molar-refractivity contribution in [3.63, 3.8) is 0 Å². The molecule has 2 N–H and O–H groups in total. The van der Waals surface area contributed by atoms with Gasteiger partial charge in [-0.3, -0.25) is 0 Å².